The van der Waals surface area contributed by atoms with Gasteiger partial charge in [0.2, 0.25) is 0 Å². The van der Waals surface area contributed by atoms with E-state index >= 15 is 0 Å². The van der Waals surface area contributed by atoms with Gasteiger partial charge in [-0.3, -0.25) is 4.79 Å². The molecule has 6 heteroatoms. The summed E-state index contributed by atoms with van der Waals surface area (Å²) >= 11 is 0. The lowest BCUT2D eigenvalue weighted by Crippen LogP contribution is -2.30. The molecule has 2 aliphatic heterocycles. The third-order valence-electron chi connectivity index (χ3n) is 6.02. The van der Waals surface area contributed by atoms with Gasteiger partial charge < -0.3 is 24.8 Å². The van der Waals surface area contributed by atoms with Crippen molar-refractivity contribution < 1.29 is 29.6 Å². The van der Waals surface area contributed by atoms with Gasteiger partial charge in [-0.15, -0.1) is 0 Å². The maximum Gasteiger partial charge on any atom is 0.181 e. The zero-order chi connectivity index (χ0) is 22.1. The molecule has 0 radical (unpaired) electrons. The van der Waals surface area contributed by atoms with Gasteiger partial charge in [0.05, 0.1) is 5.92 Å². The van der Waals surface area contributed by atoms with E-state index in [1.165, 1.54) is 12.1 Å². The molecule has 3 N–H and O–H groups in total. The Hall–Kier alpha value is -3.67. The van der Waals surface area contributed by atoms with E-state index in [2.05, 4.69) is 6.07 Å². The number of carbonyl (C=O) groups is 1. The number of carbonyl (C=O) groups excluding carboxylic acids is 1. The number of aromatic hydroxyl groups is 3. The van der Waals surface area contributed by atoms with Gasteiger partial charge in [0.25, 0.3) is 0 Å². The van der Waals surface area contributed by atoms with Crippen LogP contribution in [0.15, 0.2) is 42.5 Å². The average molecular weight is 418 g/mol. The van der Waals surface area contributed by atoms with E-state index in [-0.39, 0.29) is 41.0 Å². The van der Waals surface area contributed by atoms with Gasteiger partial charge in [-0.2, -0.15) is 0 Å². The Kier molecular flexibility index (Phi) is 3.99. The van der Waals surface area contributed by atoms with Crippen LogP contribution in [0.5, 0.6) is 28.7 Å². The first-order chi connectivity index (χ1) is 14.7. The van der Waals surface area contributed by atoms with Crippen molar-refractivity contribution in [1.82, 2.24) is 0 Å². The van der Waals surface area contributed by atoms with Crippen LogP contribution in [0.25, 0.3) is 11.1 Å². The number of phenols is 3. The molecule has 0 aliphatic carbocycles. The Labute approximate surface area is 179 Å². The lowest BCUT2D eigenvalue weighted by atomic mass is 9.82. The van der Waals surface area contributed by atoms with E-state index in [0.29, 0.717) is 11.3 Å². The molecule has 0 bridgehead atoms. The quantitative estimate of drug-likeness (QED) is 0.527. The zero-order valence-electron chi connectivity index (χ0n) is 17.4. The second-order valence-corrected chi connectivity index (χ2v) is 8.63. The standard InChI is InChI=1S/C25H22O6/c1-12-4-5-18-14(6-12)16-9-15(19(27)10-21(16)31-25(18,2)3)17-11-30-22-8-13(26)7-20(28)23(22)24(17)29/h4-10,17,26-28H,11H2,1-3H3/t17-/m1/s1. The summed E-state index contributed by atoms with van der Waals surface area (Å²) in [5, 5.41) is 30.7. The molecule has 5 rings (SSSR count). The van der Waals surface area contributed by atoms with Gasteiger partial charge >= 0.3 is 0 Å². The second-order valence-electron chi connectivity index (χ2n) is 8.63. The molecule has 0 saturated heterocycles. The van der Waals surface area contributed by atoms with Gasteiger partial charge in [0.15, 0.2) is 5.78 Å². The number of fused-ring (bicyclic) bond motifs is 4. The van der Waals surface area contributed by atoms with Gasteiger partial charge in [0.1, 0.15) is 46.5 Å². The Morgan fingerprint density at radius 2 is 1.71 bits per heavy atom. The number of phenolic OH excluding ortho intramolecular Hbond substituents is 3. The Bertz CT molecular complexity index is 1260. The summed E-state index contributed by atoms with van der Waals surface area (Å²) in [6, 6.07) is 11.8. The van der Waals surface area contributed by atoms with Crippen molar-refractivity contribution in [3.63, 3.8) is 0 Å². The van der Waals surface area contributed by atoms with Crippen molar-refractivity contribution in [3.8, 4) is 39.9 Å². The lowest BCUT2D eigenvalue weighted by Gasteiger charge is -2.36. The zero-order valence-corrected chi connectivity index (χ0v) is 17.4. The largest absolute Gasteiger partial charge is 0.508 e. The van der Waals surface area contributed by atoms with Crippen LogP contribution in [0, 0.1) is 6.92 Å². The first-order valence-corrected chi connectivity index (χ1v) is 10.1. The van der Waals surface area contributed by atoms with E-state index in [1.807, 2.05) is 32.9 Å². The molecule has 3 aromatic carbocycles. The summed E-state index contributed by atoms with van der Waals surface area (Å²) < 4.78 is 11.8. The maximum absolute atomic E-state index is 13.2. The Balaban J connectivity index is 1.65. The number of Topliss-reactive ketones (excluding diaryl/α,β-unsaturated/α-hetero) is 1. The normalized spacial score (nSPS) is 18.3. The summed E-state index contributed by atoms with van der Waals surface area (Å²) in [7, 11) is 0. The number of aryl methyl sites for hydroxylation is 1. The van der Waals surface area contributed by atoms with Crippen LogP contribution in [0.3, 0.4) is 0 Å². The summed E-state index contributed by atoms with van der Waals surface area (Å²) in [5.41, 5.74) is 3.72. The molecule has 0 aromatic heterocycles. The van der Waals surface area contributed by atoms with E-state index in [9.17, 15) is 20.1 Å². The molecule has 0 fully saturated rings. The minimum absolute atomic E-state index is 0.000186. The maximum atomic E-state index is 13.2. The summed E-state index contributed by atoms with van der Waals surface area (Å²) in [6.45, 7) is 5.94. The predicted octanol–water partition coefficient (Wildman–Crippen LogP) is 4.77. The summed E-state index contributed by atoms with van der Waals surface area (Å²) in [5.74, 6) is -1.13. The fourth-order valence-electron chi connectivity index (χ4n) is 4.50. The van der Waals surface area contributed by atoms with Gasteiger partial charge in [0, 0.05) is 34.9 Å². The molecular formula is C25H22O6. The molecule has 0 saturated carbocycles. The number of rotatable bonds is 1. The molecule has 2 aliphatic rings. The van der Waals surface area contributed by atoms with Crippen LogP contribution in [-0.4, -0.2) is 27.7 Å². The molecule has 0 spiro atoms. The van der Waals surface area contributed by atoms with E-state index < -0.39 is 11.5 Å². The fourth-order valence-corrected chi connectivity index (χ4v) is 4.50. The SMILES string of the molecule is Cc1ccc2c(c1)-c1cc([C@H]3COc4cc(O)cc(O)c4C3=O)c(O)cc1OC2(C)C. The van der Waals surface area contributed by atoms with Gasteiger partial charge in [-0.05, 0) is 32.4 Å². The minimum Gasteiger partial charge on any atom is -0.508 e. The van der Waals surface area contributed by atoms with Crippen LogP contribution >= 0.6 is 0 Å². The highest BCUT2D eigenvalue weighted by atomic mass is 16.5. The molecule has 0 amide bonds. The second kappa shape index (κ2) is 6.41. The van der Waals surface area contributed by atoms with Crippen LogP contribution < -0.4 is 9.47 Å². The molecule has 3 aromatic rings. The number of ketones is 1. The summed E-state index contributed by atoms with van der Waals surface area (Å²) in [6.07, 6.45) is 0. The predicted molar refractivity (Wildman–Crippen MR) is 114 cm³/mol. The van der Waals surface area contributed by atoms with E-state index in [4.69, 9.17) is 9.47 Å². The lowest BCUT2D eigenvalue weighted by molar-refractivity contribution is 0.0887. The molecular weight excluding hydrogens is 396 g/mol. The van der Waals surface area contributed by atoms with Crippen molar-refractivity contribution >= 4 is 5.78 Å². The van der Waals surface area contributed by atoms with Crippen LogP contribution in [0.4, 0.5) is 0 Å². The molecule has 2 heterocycles. The van der Waals surface area contributed by atoms with Crippen molar-refractivity contribution in [2.75, 3.05) is 6.61 Å². The number of hydrogen-bond donors (Lipinski definition) is 3. The molecule has 158 valence electrons. The van der Waals surface area contributed by atoms with E-state index in [0.717, 1.165) is 28.3 Å². The Morgan fingerprint density at radius 1 is 0.935 bits per heavy atom. The fraction of sp³-hybridized carbons (Fsp3) is 0.240. The molecule has 1 atom stereocenters. The van der Waals surface area contributed by atoms with Crippen LogP contribution in [-0.2, 0) is 5.60 Å². The Morgan fingerprint density at radius 3 is 2.48 bits per heavy atom. The first kappa shape index (κ1) is 19.3. The van der Waals surface area contributed by atoms with Crippen LogP contribution in [0.1, 0.15) is 46.8 Å². The number of ether oxygens (including phenoxy) is 2. The molecule has 0 unspecified atom stereocenters. The summed E-state index contributed by atoms with van der Waals surface area (Å²) in [4.78, 5) is 13.2. The van der Waals surface area contributed by atoms with Gasteiger partial charge in [-0.25, -0.2) is 0 Å². The number of hydrogen-bond acceptors (Lipinski definition) is 6. The van der Waals surface area contributed by atoms with Crippen molar-refractivity contribution in [1.29, 1.82) is 0 Å². The van der Waals surface area contributed by atoms with Crippen molar-refractivity contribution in [2.24, 2.45) is 0 Å². The topological polar surface area (TPSA) is 96.2 Å². The van der Waals surface area contributed by atoms with Crippen LogP contribution in [0.2, 0.25) is 0 Å². The monoisotopic (exact) mass is 418 g/mol. The van der Waals surface area contributed by atoms with Crippen molar-refractivity contribution in [3.05, 3.63) is 64.7 Å². The molecule has 6 nitrogen and oxygen atoms in total. The highest BCUT2D eigenvalue weighted by molar-refractivity contribution is 6.07. The van der Waals surface area contributed by atoms with Gasteiger partial charge in [-0.1, -0.05) is 23.8 Å². The van der Waals surface area contributed by atoms with E-state index in [1.54, 1.807) is 6.07 Å². The minimum atomic E-state index is -0.809. The molecule has 31 heavy (non-hydrogen) atoms. The van der Waals surface area contributed by atoms with Crippen molar-refractivity contribution in [2.45, 2.75) is 32.3 Å². The first-order valence-electron chi connectivity index (χ1n) is 10.1. The highest BCUT2D eigenvalue weighted by Gasteiger charge is 2.38. The third kappa shape index (κ3) is 2.90. The number of benzene rings is 3. The smallest absolute Gasteiger partial charge is 0.181 e. The third-order valence-corrected chi connectivity index (χ3v) is 6.02. The average Bonchev–Trinajstić information content (AvgIpc) is 2.67. The highest BCUT2D eigenvalue weighted by Crippen LogP contribution is 2.50.